The van der Waals surface area contributed by atoms with Crippen LogP contribution in [0.15, 0.2) is 11.6 Å². The molecule has 21 heavy (non-hydrogen) atoms. The van der Waals surface area contributed by atoms with Crippen molar-refractivity contribution < 1.29 is 5.11 Å². The molecule has 2 atom stereocenters. The molecule has 0 aliphatic carbocycles. The van der Waals surface area contributed by atoms with Crippen molar-refractivity contribution in [2.45, 2.75) is 92.4 Å². The van der Waals surface area contributed by atoms with Crippen LogP contribution in [0.4, 0.5) is 0 Å². The number of allylic oxidation sites excluding steroid dienone is 1. The van der Waals surface area contributed by atoms with Gasteiger partial charge in [-0.3, -0.25) is 0 Å². The van der Waals surface area contributed by atoms with Gasteiger partial charge in [-0.1, -0.05) is 84.3 Å². The Morgan fingerprint density at radius 1 is 0.810 bits per heavy atom. The molecule has 0 unspecified atom stereocenters. The first-order valence-corrected chi connectivity index (χ1v) is 9.22. The molecule has 1 heteroatoms. The Labute approximate surface area is 134 Å². The Morgan fingerprint density at radius 3 is 1.76 bits per heavy atom. The highest BCUT2D eigenvalue weighted by Gasteiger charge is 2.06. The minimum Gasteiger partial charge on any atom is -0.392 e. The van der Waals surface area contributed by atoms with Crippen LogP contribution in [0.1, 0.15) is 92.4 Å². The average Bonchev–Trinajstić information content (AvgIpc) is 2.38. The molecule has 0 saturated heterocycles. The van der Waals surface area contributed by atoms with Gasteiger partial charge in [-0.25, -0.2) is 0 Å². The largest absolute Gasteiger partial charge is 0.392 e. The van der Waals surface area contributed by atoms with Crippen molar-refractivity contribution in [2.24, 2.45) is 17.8 Å². The third-order valence-corrected chi connectivity index (χ3v) is 4.58. The molecule has 0 aromatic rings. The lowest BCUT2D eigenvalue weighted by Crippen LogP contribution is -2.00. The van der Waals surface area contributed by atoms with Crippen molar-refractivity contribution >= 4 is 0 Å². The van der Waals surface area contributed by atoms with Crippen molar-refractivity contribution in [3.63, 3.8) is 0 Å². The molecule has 0 amide bonds. The van der Waals surface area contributed by atoms with Gasteiger partial charge in [0.05, 0.1) is 6.61 Å². The molecule has 1 nitrogen and oxygen atoms in total. The van der Waals surface area contributed by atoms with Crippen LogP contribution in [-0.2, 0) is 0 Å². The predicted molar refractivity (Wildman–Crippen MR) is 95.6 cm³/mol. The van der Waals surface area contributed by atoms with E-state index >= 15 is 0 Å². The van der Waals surface area contributed by atoms with E-state index in [4.69, 9.17) is 5.11 Å². The lowest BCUT2D eigenvalue weighted by molar-refractivity contribution is 0.341. The van der Waals surface area contributed by atoms with Gasteiger partial charge in [-0.05, 0) is 37.5 Å². The maximum Gasteiger partial charge on any atom is 0.0614 e. The van der Waals surface area contributed by atoms with Crippen molar-refractivity contribution in [3.05, 3.63) is 11.6 Å². The molecular formula is C20H40O. The predicted octanol–water partition coefficient (Wildman–Crippen LogP) is 6.36. The molecule has 0 aromatic heterocycles. The fourth-order valence-corrected chi connectivity index (χ4v) is 2.97. The highest BCUT2D eigenvalue weighted by Crippen LogP contribution is 2.21. The Hall–Kier alpha value is -0.300. The van der Waals surface area contributed by atoms with E-state index in [0.29, 0.717) is 0 Å². The second kappa shape index (κ2) is 13.4. The summed E-state index contributed by atoms with van der Waals surface area (Å²) >= 11 is 0. The fourth-order valence-electron chi connectivity index (χ4n) is 2.97. The molecule has 0 spiro atoms. The molecule has 0 saturated carbocycles. The van der Waals surface area contributed by atoms with Crippen LogP contribution >= 0.6 is 0 Å². The smallest absolute Gasteiger partial charge is 0.0614 e. The highest BCUT2D eigenvalue weighted by molar-refractivity contribution is 4.97. The SMILES string of the molecule is C/[13C](CC[13CH2][13C@H](C)CC[13CH2][13C@H](C)CC[13CH2][13CH](C)C)=[13CH]\CO. The maximum atomic E-state index is 8.83. The molecule has 0 rings (SSSR count). The number of aliphatic hydroxyl groups excluding tert-OH is 1. The summed E-state index contributed by atoms with van der Waals surface area (Å²) in [4.78, 5) is 0. The van der Waals surface area contributed by atoms with Gasteiger partial charge in [-0.15, -0.1) is 0 Å². The zero-order chi connectivity index (χ0) is 16.1. The first-order valence-electron chi connectivity index (χ1n) is 9.22. The number of aliphatic hydroxyl groups is 1. The summed E-state index contributed by atoms with van der Waals surface area (Å²) in [5.74, 6) is 2.63. The fraction of sp³-hybridized carbons (Fsp3) is 0.900. The van der Waals surface area contributed by atoms with Gasteiger partial charge in [0.1, 0.15) is 0 Å². The van der Waals surface area contributed by atoms with Crippen molar-refractivity contribution in [1.82, 2.24) is 0 Å². The van der Waals surface area contributed by atoms with Gasteiger partial charge in [0.15, 0.2) is 0 Å². The second-order valence-corrected chi connectivity index (χ2v) is 7.59. The Bertz CT molecular complexity index is 255. The zero-order valence-electron chi connectivity index (χ0n) is 15.3. The van der Waals surface area contributed by atoms with Crippen LogP contribution < -0.4 is 0 Å². The average molecular weight is 304 g/mol. The van der Waals surface area contributed by atoms with E-state index in [0.717, 1.165) is 24.2 Å². The summed E-state index contributed by atoms with van der Waals surface area (Å²) in [6.07, 6.45) is 14.1. The first-order chi connectivity index (χ1) is 9.95. The van der Waals surface area contributed by atoms with Crippen molar-refractivity contribution in [2.75, 3.05) is 6.61 Å². The van der Waals surface area contributed by atoms with Crippen LogP contribution in [0.5, 0.6) is 0 Å². The van der Waals surface area contributed by atoms with Crippen LogP contribution in [0.25, 0.3) is 0 Å². The normalized spacial score (nSPS) is 15.5. The van der Waals surface area contributed by atoms with E-state index in [9.17, 15) is 0 Å². The molecule has 0 aliphatic rings. The number of rotatable bonds is 13. The topological polar surface area (TPSA) is 20.2 Å². The van der Waals surface area contributed by atoms with E-state index in [-0.39, 0.29) is 6.61 Å². The van der Waals surface area contributed by atoms with Crippen molar-refractivity contribution in [1.29, 1.82) is 0 Å². The van der Waals surface area contributed by atoms with Crippen LogP contribution in [0.3, 0.4) is 0 Å². The van der Waals surface area contributed by atoms with E-state index in [1.807, 2.05) is 6.08 Å². The molecule has 0 aliphatic heterocycles. The minimum absolute atomic E-state index is 0.191. The summed E-state index contributed by atoms with van der Waals surface area (Å²) in [5.41, 5.74) is 1.34. The monoisotopic (exact) mass is 304 g/mol. The Balaban J connectivity index is 3.52. The Kier molecular flexibility index (Phi) is 13.2. The standard InChI is InChI=1S/C20H40O/c1-17(2)9-6-10-18(3)11-7-12-19(4)13-8-14-20(5)15-16-21/h15,17-19,21H,6-14,16H2,1-5H3/b20-15+/t18-,19-/m1/s1/i9+1,11+1,13+1,15+1,17+1,18+1,19+1,20+1. The van der Waals surface area contributed by atoms with E-state index < -0.39 is 0 Å². The lowest BCUT2D eigenvalue weighted by Gasteiger charge is -2.15. The zero-order valence-corrected chi connectivity index (χ0v) is 15.3. The van der Waals surface area contributed by atoms with E-state index in [1.165, 1.54) is 56.9 Å². The summed E-state index contributed by atoms with van der Waals surface area (Å²) < 4.78 is 0. The minimum atomic E-state index is 0.191. The Morgan fingerprint density at radius 2 is 1.29 bits per heavy atom. The van der Waals surface area contributed by atoms with E-state index in [2.05, 4.69) is 34.6 Å². The van der Waals surface area contributed by atoms with Gasteiger partial charge in [0.2, 0.25) is 0 Å². The van der Waals surface area contributed by atoms with Gasteiger partial charge < -0.3 is 5.11 Å². The summed E-state index contributed by atoms with van der Waals surface area (Å²) in [7, 11) is 0. The van der Waals surface area contributed by atoms with Gasteiger partial charge in [-0.2, -0.15) is 0 Å². The molecular weight excluding hydrogens is 264 g/mol. The third kappa shape index (κ3) is 14.4. The van der Waals surface area contributed by atoms with Crippen LogP contribution in [0, 0.1) is 17.8 Å². The maximum absolute atomic E-state index is 8.83. The quantitative estimate of drug-likeness (QED) is 0.310. The summed E-state index contributed by atoms with van der Waals surface area (Å²) in [5, 5.41) is 8.83. The van der Waals surface area contributed by atoms with Crippen molar-refractivity contribution in [3.8, 4) is 0 Å². The van der Waals surface area contributed by atoms with E-state index in [1.54, 1.807) is 0 Å². The molecule has 0 heterocycles. The number of hydrogen-bond acceptors (Lipinski definition) is 1. The van der Waals surface area contributed by atoms with Gasteiger partial charge in [0, 0.05) is 0 Å². The third-order valence-electron chi connectivity index (χ3n) is 4.58. The highest BCUT2D eigenvalue weighted by atomic mass is 16.3. The summed E-state index contributed by atoms with van der Waals surface area (Å²) in [6.45, 7) is 11.8. The number of hydrogen-bond donors (Lipinski definition) is 1. The van der Waals surface area contributed by atoms with Crippen LogP contribution in [0.2, 0.25) is 0 Å². The molecule has 1 N–H and O–H groups in total. The summed E-state index contributed by atoms with van der Waals surface area (Å²) in [6, 6.07) is 0. The molecule has 126 valence electrons. The van der Waals surface area contributed by atoms with Gasteiger partial charge >= 0.3 is 0 Å². The van der Waals surface area contributed by atoms with Gasteiger partial charge in [0.25, 0.3) is 0 Å². The van der Waals surface area contributed by atoms with Crippen LogP contribution in [-0.4, -0.2) is 11.7 Å². The molecule has 0 fully saturated rings. The molecule has 0 radical (unpaired) electrons. The second-order valence-electron chi connectivity index (χ2n) is 7.59. The molecule has 0 aromatic carbocycles. The lowest BCUT2D eigenvalue weighted by atomic mass is 10.3. The molecule has 0 bridgehead atoms. The first kappa shape index (κ1) is 20.7.